The van der Waals surface area contributed by atoms with Crippen molar-refractivity contribution in [3.05, 3.63) is 23.5 Å². The molecule has 0 aliphatic heterocycles. The van der Waals surface area contributed by atoms with Crippen LogP contribution in [0.5, 0.6) is 0 Å². The van der Waals surface area contributed by atoms with Gasteiger partial charge in [-0.3, -0.25) is 0 Å². The van der Waals surface area contributed by atoms with Gasteiger partial charge in [0, 0.05) is 23.9 Å². The van der Waals surface area contributed by atoms with E-state index in [1.807, 2.05) is 0 Å². The summed E-state index contributed by atoms with van der Waals surface area (Å²) in [4.78, 5) is 0. The zero-order chi connectivity index (χ0) is 10.8. The summed E-state index contributed by atoms with van der Waals surface area (Å²) in [5, 5.41) is 0. The van der Waals surface area contributed by atoms with Gasteiger partial charge in [0.25, 0.3) is 0 Å². The van der Waals surface area contributed by atoms with Crippen LogP contribution in [0.25, 0.3) is 0 Å². The molecule has 80 valence electrons. The Morgan fingerprint density at radius 2 is 1.86 bits per heavy atom. The van der Waals surface area contributed by atoms with Gasteiger partial charge in [0.05, 0.1) is 0 Å². The number of aryl methyl sites for hydroxylation is 2. The van der Waals surface area contributed by atoms with Gasteiger partial charge >= 0.3 is 0 Å². The largest absolute Gasteiger partial charge is 0.351 e. The molecule has 0 bridgehead atoms. The highest BCUT2D eigenvalue weighted by atomic mass is 15.0. The van der Waals surface area contributed by atoms with E-state index in [1.54, 1.807) is 0 Å². The first-order valence-electron chi connectivity index (χ1n) is 5.75. The standard InChI is InChI=1S/C13H23N/c1-6-11-9-10-14(8-3)12(11)13(4,5)7-2/h9-10H,6-8H2,1-5H3. The molecule has 1 aromatic rings. The SMILES string of the molecule is CCc1ccn(CC)c1C(C)(C)CC. The third kappa shape index (κ3) is 1.87. The minimum atomic E-state index is 0.310. The fraction of sp³-hybridized carbons (Fsp3) is 0.692. The predicted octanol–water partition coefficient (Wildman–Crippen LogP) is 3.76. The molecule has 1 heterocycles. The lowest BCUT2D eigenvalue weighted by molar-refractivity contribution is 0.458. The zero-order valence-electron chi connectivity index (χ0n) is 10.2. The van der Waals surface area contributed by atoms with Crippen molar-refractivity contribution in [3.8, 4) is 0 Å². The molecule has 1 heteroatoms. The zero-order valence-corrected chi connectivity index (χ0v) is 10.2. The molecular formula is C13H23N. The van der Waals surface area contributed by atoms with Crippen LogP contribution in [0, 0.1) is 0 Å². The Balaban J connectivity index is 3.21. The van der Waals surface area contributed by atoms with E-state index in [-0.39, 0.29) is 0 Å². The van der Waals surface area contributed by atoms with E-state index in [1.165, 1.54) is 17.7 Å². The molecular weight excluding hydrogens is 170 g/mol. The summed E-state index contributed by atoms with van der Waals surface area (Å²) < 4.78 is 2.39. The normalized spacial score (nSPS) is 12.1. The molecule has 0 fully saturated rings. The van der Waals surface area contributed by atoms with Crippen molar-refractivity contribution >= 4 is 0 Å². The molecule has 0 atom stereocenters. The molecule has 0 aliphatic rings. The molecule has 0 spiro atoms. The van der Waals surface area contributed by atoms with Gasteiger partial charge in [0.15, 0.2) is 0 Å². The Morgan fingerprint density at radius 1 is 1.21 bits per heavy atom. The lowest BCUT2D eigenvalue weighted by Crippen LogP contribution is -2.22. The molecule has 14 heavy (non-hydrogen) atoms. The summed E-state index contributed by atoms with van der Waals surface area (Å²) >= 11 is 0. The summed E-state index contributed by atoms with van der Waals surface area (Å²) in [6.07, 6.45) is 4.57. The van der Waals surface area contributed by atoms with Gasteiger partial charge in [-0.2, -0.15) is 0 Å². The number of nitrogens with zero attached hydrogens (tertiary/aromatic N) is 1. The number of rotatable bonds is 4. The first kappa shape index (κ1) is 11.4. The van der Waals surface area contributed by atoms with Crippen LogP contribution < -0.4 is 0 Å². The average molecular weight is 193 g/mol. The fourth-order valence-electron chi connectivity index (χ4n) is 2.06. The number of hydrogen-bond acceptors (Lipinski definition) is 0. The fourth-order valence-corrected chi connectivity index (χ4v) is 2.06. The maximum atomic E-state index is 2.39. The minimum absolute atomic E-state index is 0.310. The van der Waals surface area contributed by atoms with Gasteiger partial charge < -0.3 is 4.57 Å². The van der Waals surface area contributed by atoms with Crippen LogP contribution in [0.3, 0.4) is 0 Å². The van der Waals surface area contributed by atoms with E-state index in [0.717, 1.165) is 13.0 Å². The molecule has 0 unspecified atom stereocenters. The Bertz CT molecular complexity index is 273. The van der Waals surface area contributed by atoms with Crippen LogP contribution in [0.2, 0.25) is 0 Å². The van der Waals surface area contributed by atoms with Crippen molar-refractivity contribution in [1.29, 1.82) is 0 Å². The van der Waals surface area contributed by atoms with Gasteiger partial charge in [-0.05, 0) is 31.4 Å². The van der Waals surface area contributed by atoms with Crippen LogP contribution in [0.4, 0.5) is 0 Å². The molecule has 0 saturated heterocycles. The second-order valence-electron chi connectivity index (χ2n) is 4.57. The smallest absolute Gasteiger partial charge is 0.0263 e. The molecule has 0 saturated carbocycles. The Labute approximate surface area is 88.1 Å². The Morgan fingerprint density at radius 3 is 2.29 bits per heavy atom. The van der Waals surface area contributed by atoms with E-state index in [9.17, 15) is 0 Å². The summed E-state index contributed by atoms with van der Waals surface area (Å²) in [7, 11) is 0. The molecule has 0 amide bonds. The predicted molar refractivity (Wildman–Crippen MR) is 62.8 cm³/mol. The molecule has 0 aromatic carbocycles. The Kier molecular flexibility index (Phi) is 3.41. The van der Waals surface area contributed by atoms with Crippen LogP contribution in [0.1, 0.15) is 52.3 Å². The molecule has 0 N–H and O–H groups in total. The van der Waals surface area contributed by atoms with Crippen LogP contribution >= 0.6 is 0 Å². The van der Waals surface area contributed by atoms with Gasteiger partial charge in [0.2, 0.25) is 0 Å². The third-order valence-electron chi connectivity index (χ3n) is 3.29. The van der Waals surface area contributed by atoms with Gasteiger partial charge in [-0.1, -0.05) is 27.7 Å². The molecule has 1 rings (SSSR count). The monoisotopic (exact) mass is 193 g/mol. The summed E-state index contributed by atoms with van der Waals surface area (Å²) in [6.45, 7) is 12.5. The summed E-state index contributed by atoms with van der Waals surface area (Å²) in [5.41, 5.74) is 3.36. The second kappa shape index (κ2) is 4.20. The van der Waals surface area contributed by atoms with E-state index in [2.05, 4.69) is 51.4 Å². The van der Waals surface area contributed by atoms with E-state index >= 15 is 0 Å². The van der Waals surface area contributed by atoms with Crippen molar-refractivity contribution < 1.29 is 0 Å². The van der Waals surface area contributed by atoms with E-state index < -0.39 is 0 Å². The van der Waals surface area contributed by atoms with Crippen LogP contribution in [-0.2, 0) is 18.4 Å². The van der Waals surface area contributed by atoms with E-state index in [4.69, 9.17) is 0 Å². The molecule has 0 radical (unpaired) electrons. The lowest BCUT2D eigenvalue weighted by Gasteiger charge is -2.26. The maximum Gasteiger partial charge on any atom is 0.0263 e. The van der Waals surface area contributed by atoms with Gasteiger partial charge in [-0.25, -0.2) is 0 Å². The topological polar surface area (TPSA) is 4.93 Å². The number of hydrogen-bond donors (Lipinski definition) is 0. The summed E-state index contributed by atoms with van der Waals surface area (Å²) in [5.74, 6) is 0. The minimum Gasteiger partial charge on any atom is -0.351 e. The molecule has 1 aromatic heterocycles. The lowest BCUT2D eigenvalue weighted by atomic mass is 9.83. The quantitative estimate of drug-likeness (QED) is 0.686. The number of aromatic nitrogens is 1. The maximum absolute atomic E-state index is 2.39. The van der Waals surface area contributed by atoms with Gasteiger partial charge in [0.1, 0.15) is 0 Å². The van der Waals surface area contributed by atoms with Crippen LogP contribution in [0.15, 0.2) is 12.3 Å². The van der Waals surface area contributed by atoms with Crippen molar-refractivity contribution in [1.82, 2.24) is 4.57 Å². The highest BCUT2D eigenvalue weighted by Crippen LogP contribution is 2.30. The second-order valence-corrected chi connectivity index (χ2v) is 4.57. The Hall–Kier alpha value is -0.720. The van der Waals surface area contributed by atoms with E-state index in [0.29, 0.717) is 5.41 Å². The summed E-state index contributed by atoms with van der Waals surface area (Å²) in [6, 6.07) is 2.27. The van der Waals surface area contributed by atoms with Crippen molar-refractivity contribution in [2.24, 2.45) is 0 Å². The van der Waals surface area contributed by atoms with Gasteiger partial charge in [-0.15, -0.1) is 0 Å². The molecule has 0 aliphatic carbocycles. The average Bonchev–Trinajstić information content (AvgIpc) is 2.61. The van der Waals surface area contributed by atoms with Crippen molar-refractivity contribution in [3.63, 3.8) is 0 Å². The first-order chi connectivity index (χ1) is 6.56. The third-order valence-corrected chi connectivity index (χ3v) is 3.29. The molecule has 1 nitrogen and oxygen atoms in total. The van der Waals surface area contributed by atoms with Crippen molar-refractivity contribution in [2.45, 2.75) is 59.4 Å². The van der Waals surface area contributed by atoms with Crippen LogP contribution in [-0.4, -0.2) is 4.57 Å². The first-order valence-corrected chi connectivity index (χ1v) is 5.75. The van der Waals surface area contributed by atoms with Crippen molar-refractivity contribution in [2.75, 3.05) is 0 Å². The highest BCUT2D eigenvalue weighted by Gasteiger charge is 2.24. The highest BCUT2D eigenvalue weighted by molar-refractivity contribution is 5.29.